The van der Waals surface area contributed by atoms with Crippen LogP contribution in [0.25, 0.3) is 0 Å². The van der Waals surface area contributed by atoms with E-state index in [1.807, 2.05) is 11.8 Å². The summed E-state index contributed by atoms with van der Waals surface area (Å²) in [5.74, 6) is 1.13. The molecular formula is C11H14BrNO2. The predicted molar refractivity (Wildman–Crippen MR) is 60.7 cm³/mol. The van der Waals surface area contributed by atoms with Crippen LogP contribution in [-0.4, -0.2) is 23.9 Å². The quantitative estimate of drug-likeness (QED) is 0.844. The average Bonchev–Trinajstić information content (AvgIpc) is 2.95. The summed E-state index contributed by atoms with van der Waals surface area (Å²) in [5, 5.41) is 0. The van der Waals surface area contributed by atoms with Crippen LogP contribution in [0.5, 0.6) is 0 Å². The van der Waals surface area contributed by atoms with E-state index in [1.165, 1.54) is 12.8 Å². The van der Waals surface area contributed by atoms with Crippen LogP contribution in [0.3, 0.4) is 0 Å². The zero-order valence-corrected chi connectivity index (χ0v) is 10.3. The third-order valence-electron chi connectivity index (χ3n) is 2.63. The van der Waals surface area contributed by atoms with Gasteiger partial charge in [0.25, 0.3) is 5.91 Å². The lowest BCUT2D eigenvalue weighted by Gasteiger charge is -2.19. The van der Waals surface area contributed by atoms with Gasteiger partial charge in [-0.25, -0.2) is 0 Å². The number of amides is 1. The molecule has 82 valence electrons. The van der Waals surface area contributed by atoms with Crippen molar-refractivity contribution in [1.82, 2.24) is 4.90 Å². The normalized spacial score (nSPS) is 15.3. The largest absolute Gasteiger partial charge is 0.444 e. The minimum Gasteiger partial charge on any atom is -0.444 e. The maximum absolute atomic E-state index is 12.0. The number of carbonyl (C=O) groups excluding carboxylic acids is 1. The Labute approximate surface area is 97.6 Å². The molecule has 1 amide bonds. The summed E-state index contributed by atoms with van der Waals surface area (Å²) in [6, 6.07) is 3.46. The van der Waals surface area contributed by atoms with Gasteiger partial charge in [0.15, 0.2) is 10.4 Å². The number of halogens is 1. The van der Waals surface area contributed by atoms with Crippen LogP contribution in [0.2, 0.25) is 0 Å². The second-order valence-electron chi connectivity index (χ2n) is 3.89. The second-order valence-corrected chi connectivity index (χ2v) is 4.67. The maximum Gasteiger partial charge on any atom is 0.289 e. The molecule has 1 heterocycles. The molecule has 0 aliphatic heterocycles. The molecule has 1 aliphatic carbocycles. The molecule has 0 radical (unpaired) electrons. The molecule has 0 spiro atoms. The Bertz CT molecular complexity index is 357. The molecule has 1 aromatic rings. The van der Waals surface area contributed by atoms with E-state index in [2.05, 4.69) is 15.9 Å². The summed E-state index contributed by atoms with van der Waals surface area (Å²) >= 11 is 3.20. The highest BCUT2D eigenvalue weighted by atomic mass is 79.9. The zero-order valence-electron chi connectivity index (χ0n) is 8.70. The Morgan fingerprint density at radius 1 is 1.60 bits per heavy atom. The van der Waals surface area contributed by atoms with E-state index in [0.717, 1.165) is 13.1 Å². The monoisotopic (exact) mass is 271 g/mol. The number of nitrogens with zero attached hydrogens (tertiary/aromatic N) is 1. The third-order valence-corrected chi connectivity index (χ3v) is 3.05. The molecule has 0 atom stereocenters. The Morgan fingerprint density at radius 3 is 2.80 bits per heavy atom. The first kappa shape index (κ1) is 10.7. The van der Waals surface area contributed by atoms with Crippen molar-refractivity contribution in [3.05, 3.63) is 22.6 Å². The average molecular weight is 272 g/mol. The van der Waals surface area contributed by atoms with Crippen molar-refractivity contribution < 1.29 is 9.21 Å². The van der Waals surface area contributed by atoms with Gasteiger partial charge in [0.05, 0.1) is 0 Å². The van der Waals surface area contributed by atoms with Gasteiger partial charge in [0.2, 0.25) is 0 Å². The summed E-state index contributed by atoms with van der Waals surface area (Å²) < 4.78 is 5.86. The molecule has 1 aliphatic rings. The van der Waals surface area contributed by atoms with Crippen molar-refractivity contribution in [2.75, 3.05) is 13.1 Å². The van der Waals surface area contributed by atoms with Gasteiger partial charge in [-0.15, -0.1) is 0 Å². The second kappa shape index (κ2) is 4.39. The molecular weight excluding hydrogens is 258 g/mol. The Kier molecular flexibility index (Phi) is 3.14. The van der Waals surface area contributed by atoms with Crippen LogP contribution >= 0.6 is 15.9 Å². The first-order valence-electron chi connectivity index (χ1n) is 5.25. The number of hydrogen-bond acceptors (Lipinski definition) is 2. The molecule has 3 nitrogen and oxygen atoms in total. The molecule has 1 saturated carbocycles. The van der Waals surface area contributed by atoms with Crippen molar-refractivity contribution in [2.45, 2.75) is 19.8 Å². The van der Waals surface area contributed by atoms with Crippen LogP contribution in [0, 0.1) is 5.92 Å². The van der Waals surface area contributed by atoms with Gasteiger partial charge >= 0.3 is 0 Å². The lowest BCUT2D eigenvalue weighted by molar-refractivity contribution is 0.0723. The summed E-state index contributed by atoms with van der Waals surface area (Å²) in [5.41, 5.74) is 0. The zero-order chi connectivity index (χ0) is 10.8. The molecule has 0 unspecified atom stereocenters. The first-order chi connectivity index (χ1) is 7.20. The number of furan rings is 1. The van der Waals surface area contributed by atoms with E-state index in [9.17, 15) is 4.79 Å². The fourth-order valence-corrected chi connectivity index (χ4v) is 1.86. The van der Waals surface area contributed by atoms with E-state index in [4.69, 9.17) is 4.42 Å². The molecule has 0 saturated heterocycles. The predicted octanol–water partition coefficient (Wildman–Crippen LogP) is 2.91. The molecule has 0 bridgehead atoms. The van der Waals surface area contributed by atoms with Crippen molar-refractivity contribution in [3.8, 4) is 0 Å². The summed E-state index contributed by atoms with van der Waals surface area (Å²) in [6.45, 7) is 3.61. The van der Waals surface area contributed by atoms with Gasteiger partial charge < -0.3 is 9.32 Å². The van der Waals surface area contributed by atoms with Crippen molar-refractivity contribution in [1.29, 1.82) is 0 Å². The fraction of sp³-hybridized carbons (Fsp3) is 0.545. The fourth-order valence-electron chi connectivity index (χ4n) is 1.55. The topological polar surface area (TPSA) is 33.5 Å². The van der Waals surface area contributed by atoms with Crippen molar-refractivity contribution >= 4 is 21.8 Å². The van der Waals surface area contributed by atoms with Crippen LogP contribution in [0.15, 0.2) is 21.2 Å². The molecule has 1 fully saturated rings. The molecule has 2 rings (SSSR count). The highest BCUT2D eigenvalue weighted by Crippen LogP contribution is 2.30. The molecule has 4 heteroatoms. The summed E-state index contributed by atoms with van der Waals surface area (Å²) in [4.78, 5) is 13.8. The van der Waals surface area contributed by atoms with Crippen LogP contribution in [0.4, 0.5) is 0 Å². The van der Waals surface area contributed by atoms with Crippen LogP contribution < -0.4 is 0 Å². The van der Waals surface area contributed by atoms with E-state index in [0.29, 0.717) is 16.3 Å². The number of hydrogen-bond donors (Lipinski definition) is 0. The minimum absolute atomic E-state index is 0.00454. The summed E-state index contributed by atoms with van der Waals surface area (Å²) in [7, 11) is 0. The molecule has 15 heavy (non-hydrogen) atoms. The Hall–Kier alpha value is -0.770. The first-order valence-corrected chi connectivity index (χ1v) is 6.04. The van der Waals surface area contributed by atoms with Gasteiger partial charge in [-0.2, -0.15) is 0 Å². The Morgan fingerprint density at radius 2 is 2.33 bits per heavy atom. The highest BCUT2D eigenvalue weighted by molar-refractivity contribution is 9.10. The molecule has 0 aromatic carbocycles. The van der Waals surface area contributed by atoms with E-state index < -0.39 is 0 Å². The van der Waals surface area contributed by atoms with Gasteiger partial charge in [-0.3, -0.25) is 4.79 Å². The van der Waals surface area contributed by atoms with E-state index >= 15 is 0 Å². The van der Waals surface area contributed by atoms with Gasteiger partial charge in [-0.1, -0.05) is 0 Å². The maximum atomic E-state index is 12.0. The van der Waals surface area contributed by atoms with Crippen LogP contribution in [0.1, 0.15) is 30.3 Å². The smallest absolute Gasteiger partial charge is 0.289 e. The standard InChI is InChI=1S/C11H14BrNO2/c1-2-13(7-8-3-4-8)11(14)9-5-6-10(12)15-9/h5-6,8H,2-4,7H2,1H3. The number of carbonyl (C=O) groups is 1. The summed E-state index contributed by atoms with van der Waals surface area (Å²) in [6.07, 6.45) is 2.51. The van der Waals surface area contributed by atoms with E-state index in [-0.39, 0.29) is 5.91 Å². The third kappa shape index (κ3) is 2.62. The van der Waals surface area contributed by atoms with Crippen molar-refractivity contribution in [3.63, 3.8) is 0 Å². The highest BCUT2D eigenvalue weighted by Gasteiger charge is 2.27. The molecule has 1 aromatic heterocycles. The number of rotatable bonds is 4. The Balaban J connectivity index is 2.03. The van der Waals surface area contributed by atoms with Gasteiger partial charge in [0, 0.05) is 13.1 Å². The van der Waals surface area contributed by atoms with Crippen LogP contribution in [-0.2, 0) is 0 Å². The lowest BCUT2D eigenvalue weighted by atomic mass is 10.3. The minimum atomic E-state index is -0.00454. The van der Waals surface area contributed by atoms with Gasteiger partial charge in [-0.05, 0) is 53.7 Å². The lowest BCUT2D eigenvalue weighted by Crippen LogP contribution is -2.32. The van der Waals surface area contributed by atoms with Crippen molar-refractivity contribution in [2.24, 2.45) is 5.92 Å². The SMILES string of the molecule is CCN(CC1CC1)C(=O)c1ccc(Br)o1. The van der Waals surface area contributed by atoms with Gasteiger partial charge in [0.1, 0.15) is 0 Å². The van der Waals surface area contributed by atoms with E-state index in [1.54, 1.807) is 12.1 Å². The molecule has 0 N–H and O–H groups in total.